The molecule has 0 saturated carbocycles. The summed E-state index contributed by atoms with van der Waals surface area (Å²) in [6, 6.07) is 20.2. The lowest BCUT2D eigenvalue weighted by Crippen LogP contribution is -1.99. The van der Waals surface area contributed by atoms with Crippen LogP contribution in [0.3, 0.4) is 0 Å². The monoisotopic (exact) mass is 337 g/mol. The molecular formula is C19H19N3OS. The molecule has 0 atom stereocenters. The maximum Gasteiger partial charge on any atom is 0.221 e. The van der Waals surface area contributed by atoms with E-state index in [0.717, 1.165) is 34.2 Å². The second-order valence-corrected chi connectivity index (χ2v) is 6.38. The van der Waals surface area contributed by atoms with Crippen molar-refractivity contribution in [1.29, 1.82) is 0 Å². The SMILES string of the molecule is COc1cccc(-c2cc(SCCc3ccccc3)nc(N)n2)c1. The van der Waals surface area contributed by atoms with Gasteiger partial charge in [0.15, 0.2) is 0 Å². The number of nitrogens with two attached hydrogens (primary N) is 1. The Hall–Kier alpha value is -2.53. The number of benzene rings is 2. The van der Waals surface area contributed by atoms with Crippen molar-refractivity contribution < 1.29 is 4.74 Å². The van der Waals surface area contributed by atoms with Crippen LogP contribution in [-0.2, 0) is 6.42 Å². The molecule has 0 aliphatic heterocycles. The highest BCUT2D eigenvalue weighted by molar-refractivity contribution is 7.99. The number of nitrogens with zero attached hydrogens (tertiary/aromatic N) is 2. The van der Waals surface area contributed by atoms with Gasteiger partial charge in [-0.05, 0) is 30.2 Å². The Morgan fingerprint density at radius 1 is 1.00 bits per heavy atom. The van der Waals surface area contributed by atoms with E-state index in [2.05, 4.69) is 34.2 Å². The summed E-state index contributed by atoms with van der Waals surface area (Å²) in [4.78, 5) is 8.68. The van der Waals surface area contributed by atoms with Crippen LogP contribution in [0.1, 0.15) is 5.56 Å². The second-order valence-electron chi connectivity index (χ2n) is 5.27. The van der Waals surface area contributed by atoms with Gasteiger partial charge in [0.1, 0.15) is 10.8 Å². The molecule has 3 rings (SSSR count). The Morgan fingerprint density at radius 3 is 2.62 bits per heavy atom. The molecule has 0 unspecified atom stereocenters. The molecule has 1 aromatic heterocycles. The first-order valence-electron chi connectivity index (χ1n) is 7.70. The van der Waals surface area contributed by atoms with Gasteiger partial charge in [-0.3, -0.25) is 0 Å². The molecule has 3 aromatic rings. The molecule has 4 nitrogen and oxygen atoms in total. The van der Waals surface area contributed by atoms with Crippen LogP contribution in [0.4, 0.5) is 5.95 Å². The van der Waals surface area contributed by atoms with Gasteiger partial charge in [0.05, 0.1) is 12.8 Å². The van der Waals surface area contributed by atoms with Crippen LogP contribution in [0, 0.1) is 0 Å². The zero-order valence-electron chi connectivity index (χ0n) is 13.5. The molecule has 0 aliphatic rings. The molecule has 24 heavy (non-hydrogen) atoms. The quantitative estimate of drug-likeness (QED) is 0.543. The van der Waals surface area contributed by atoms with Crippen molar-refractivity contribution in [3.8, 4) is 17.0 Å². The number of methoxy groups -OCH3 is 1. The molecular weight excluding hydrogens is 318 g/mol. The van der Waals surface area contributed by atoms with Gasteiger partial charge in [-0.25, -0.2) is 9.97 Å². The summed E-state index contributed by atoms with van der Waals surface area (Å²) in [5.41, 5.74) is 8.98. The van der Waals surface area contributed by atoms with E-state index in [4.69, 9.17) is 10.5 Å². The number of ether oxygens (including phenoxy) is 1. The van der Waals surface area contributed by atoms with Crippen molar-refractivity contribution >= 4 is 17.7 Å². The van der Waals surface area contributed by atoms with Crippen LogP contribution in [0.25, 0.3) is 11.3 Å². The Morgan fingerprint density at radius 2 is 1.83 bits per heavy atom. The van der Waals surface area contributed by atoms with E-state index < -0.39 is 0 Å². The summed E-state index contributed by atoms with van der Waals surface area (Å²) in [6.07, 6.45) is 0.990. The van der Waals surface area contributed by atoms with Gasteiger partial charge in [-0.2, -0.15) is 0 Å². The number of hydrogen-bond donors (Lipinski definition) is 1. The van der Waals surface area contributed by atoms with Crippen molar-refractivity contribution in [2.45, 2.75) is 11.4 Å². The third-order valence-corrected chi connectivity index (χ3v) is 4.48. The van der Waals surface area contributed by atoms with E-state index in [0.29, 0.717) is 0 Å². The van der Waals surface area contributed by atoms with E-state index in [1.807, 2.05) is 36.4 Å². The van der Waals surface area contributed by atoms with Gasteiger partial charge < -0.3 is 10.5 Å². The molecule has 2 N–H and O–H groups in total. The van der Waals surface area contributed by atoms with Gasteiger partial charge in [0.25, 0.3) is 0 Å². The number of aryl methyl sites for hydroxylation is 1. The van der Waals surface area contributed by atoms with Crippen molar-refractivity contribution in [3.05, 3.63) is 66.2 Å². The number of rotatable bonds is 6. The van der Waals surface area contributed by atoms with Gasteiger partial charge >= 0.3 is 0 Å². The van der Waals surface area contributed by atoms with Crippen molar-refractivity contribution in [2.24, 2.45) is 0 Å². The van der Waals surface area contributed by atoms with Gasteiger partial charge in [-0.15, -0.1) is 11.8 Å². The molecule has 122 valence electrons. The van der Waals surface area contributed by atoms with Crippen LogP contribution in [-0.4, -0.2) is 22.8 Å². The highest BCUT2D eigenvalue weighted by atomic mass is 32.2. The molecule has 0 bridgehead atoms. The van der Waals surface area contributed by atoms with Gasteiger partial charge in [-0.1, -0.05) is 42.5 Å². The minimum Gasteiger partial charge on any atom is -0.497 e. The smallest absolute Gasteiger partial charge is 0.221 e. The first kappa shape index (κ1) is 16.3. The zero-order chi connectivity index (χ0) is 16.8. The average molecular weight is 337 g/mol. The lowest BCUT2D eigenvalue weighted by atomic mass is 10.1. The average Bonchev–Trinajstić information content (AvgIpc) is 2.62. The standard InChI is InChI=1S/C19H19N3OS/c1-23-16-9-5-8-15(12-16)17-13-18(22-19(20)21-17)24-11-10-14-6-3-2-4-7-14/h2-9,12-13H,10-11H2,1H3,(H2,20,21,22). The van der Waals surface area contributed by atoms with Crippen LogP contribution >= 0.6 is 11.8 Å². The fraction of sp³-hybridized carbons (Fsp3) is 0.158. The summed E-state index contributed by atoms with van der Waals surface area (Å²) in [5, 5.41) is 0.885. The minimum absolute atomic E-state index is 0.289. The third-order valence-electron chi connectivity index (χ3n) is 3.57. The first-order chi connectivity index (χ1) is 11.7. The van der Waals surface area contributed by atoms with Gasteiger partial charge in [0, 0.05) is 11.3 Å². The Kier molecular flexibility index (Phi) is 5.33. The minimum atomic E-state index is 0.289. The molecule has 2 aromatic carbocycles. The number of anilines is 1. The second kappa shape index (κ2) is 7.84. The van der Waals surface area contributed by atoms with Crippen LogP contribution in [0.5, 0.6) is 5.75 Å². The van der Waals surface area contributed by atoms with E-state index in [1.165, 1.54) is 5.56 Å². The number of aromatic nitrogens is 2. The number of hydrogen-bond acceptors (Lipinski definition) is 5. The fourth-order valence-corrected chi connectivity index (χ4v) is 3.27. The molecule has 5 heteroatoms. The largest absolute Gasteiger partial charge is 0.497 e. The van der Waals surface area contributed by atoms with E-state index >= 15 is 0 Å². The molecule has 0 aliphatic carbocycles. The molecule has 0 saturated heterocycles. The molecule has 0 amide bonds. The molecule has 0 spiro atoms. The highest BCUT2D eigenvalue weighted by Gasteiger charge is 2.07. The van der Waals surface area contributed by atoms with Crippen LogP contribution in [0.2, 0.25) is 0 Å². The molecule has 0 radical (unpaired) electrons. The fourth-order valence-electron chi connectivity index (χ4n) is 2.37. The highest BCUT2D eigenvalue weighted by Crippen LogP contribution is 2.26. The van der Waals surface area contributed by atoms with Crippen molar-refractivity contribution in [2.75, 3.05) is 18.6 Å². The van der Waals surface area contributed by atoms with Gasteiger partial charge in [0.2, 0.25) is 5.95 Å². The Balaban J connectivity index is 1.73. The molecule has 1 heterocycles. The normalized spacial score (nSPS) is 10.5. The van der Waals surface area contributed by atoms with Crippen molar-refractivity contribution in [1.82, 2.24) is 9.97 Å². The summed E-state index contributed by atoms with van der Waals surface area (Å²) < 4.78 is 5.27. The van der Waals surface area contributed by atoms with E-state index in [-0.39, 0.29) is 5.95 Å². The van der Waals surface area contributed by atoms with Crippen molar-refractivity contribution in [3.63, 3.8) is 0 Å². The summed E-state index contributed by atoms with van der Waals surface area (Å²) in [5.74, 6) is 2.03. The molecule has 0 fully saturated rings. The lowest BCUT2D eigenvalue weighted by Gasteiger charge is -2.07. The Bertz CT molecular complexity index is 809. The lowest BCUT2D eigenvalue weighted by molar-refractivity contribution is 0.415. The predicted molar refractivity (Wildman–Crippen MR) is 99.3 cm³/mol. The third kappa shape index (κ3) is 4.26. The number of thioether (sulfide) groups is 1. The Labute approximate surface area is 146 Å². The predicted octanol–water partition coefficient (Wildman–Crippen LogP) is 4.07. The maximum atomic E-state index is 5.88. The van der Waals surface area contributed by atoms with Crippen LogP contribution < -0.4 is 10.5 Å². The maximum absolute atomic E-state index is 5.88. The van der Waals surface area contributed by atoms with Crippen LogP contribution in [0.15, 0.2) is 65.7 Å². The van der Waals surface area contributed by atoms with E-state index in [9.17, 15) is 0 Å². The number of nitrogen functional groups attached to an aromatic ring is 1. The zero-order valence-corrected chi connectivity index (χ0v) is 14.3. The topological polar surface area (TPSA) is 61.0 Å². The van der Waals surface area contributed by atoms with E-state index in [1.54, 1.807) is 18.9 Å². The summed E-state index contributed by atoms with van der Waals surface area (Å²) >= 11 is 1.69. The summed E-state index contributed by atoms with van der Waals surface area (Å²) in [6.45, 7) is 0. The first-order valence-corrected chi connectivity index (χ1v) is 8.69. The summed E-state index contributed by atoms with van der Waals surface area (Å²) in [7, 11) is 1.65.